The van der Waals surface area contributed by atoms with Gasteiger partial charge in [-0.2, -0.15) is 10.4 Å². The summed E-state index contributed by atoms with van der Waals surface area (Å²) in [7, 11) is 0. The number of hydrogen-bond donors (Lipinski definition) is 1. The van der Waals surface area contributed by atoms with E-state index in [0.717, 1.165) is 11.1 Å². The van der Waals surface area contributed by atoms with Crippen LogP contribution in [-0.4, -0.2) is 15.7 Å². The second-order valence-corrected chi connectivity index (χ2v) is 5.83. The fraction of sp³-hybridized carbons (Fsp3) is 0.150. The molecule has 1 heterocycles. The molecular formula is C20H18N4O. The van der Waals surface area contributed by atoms with Crippen molar-refractivity contribution >= 4 is 5.91 Å². The second-order valence-electron chi connectivity index (χ2n) is 5.83. The molecule has 0 saturated carbocycles. The Labute approximate surface area is 146 Å². The lowest BCUT2D eigenvalue weighted by atomic mass is 10.1. The van der Waals surface area contributed by atoms with E-state index in [-0.39, 0.29) is 11.9 Å². The minimum Gasteiger partial charge on any atom is -0.346 e. The number of nitrogens with zero attached hydrogens (tertiary/aromatic N) is 3. The fourth-order valence-electron chi connectivity index (χ4n) is 2.55. The highest BCUT2D eigenvalue weighted by Gasteiger charge is 2.11. The second kappa shape index (κ2) is 7.45. The lowest BCUT2D eigenvalue weighted by Crippen LogP contribution is -2.26. The summed E-state index contributed by atoms with van der Waals surface area (Å²) in [6.07, 6.45) is 3.65. The third kappa shape index (κ3) is 4.12. The van der Waals surface area contributed by atoms with Gasteiger partial charge in [0.05, 0.1) is 24.2 Å². The van der Waals surface area contributed by atoms with Crippen molar-refractivity contribution in [2.45, 2.75) is 19.5 Å². The van der Waals surface area contributed by atoms with Gasteiger partial charge in [-0.1, -0.05) is 24.3 Å². The zero-order valence-corrected chi connectivity index (χ0v) is 13.9. The number of rotatable bonds is 5. The quantitative estimate of drug-likeness (QED) is 0.780. The van der Waals surface area contributed by atoms with E-state index in [1.54, 1.807) is 18.3 Å². The molecule has 0 radical (unpaired) electrons. The van der Waals surface area contributed by atoms with Crippen LogP contribution in [0.5, 0.6) is 0 Å². The van der Waals surface area contributed by atoms with Crippen molar-refractivity contribution in [1.82, 2.24) is 15.1 Å². The Morgan fingerprint density at radius 2 is 1.92 bits per heavy atom. The maximum absolute atomic E-state index is 12.4. The van der Waals surface area contributed by atoms with Crippen molar-refractivity contribution < 1.29 is 4.79 Å². The van der Waals surface area contributed by atoms with Gasteiger partial charge in [-0.3, -0.25) is 9.48 Å². The lowest BCUT2D eigenvalue weighted by Gasteiger charge is -2.14. The average molecular weight is 330 g/mol. The molecule has 1 N–H and O–H groups in total. The maximum atomic E-state index is 12.4. The summed E-state index contributed by atoms with van der Waals surface area (Å²) in [5, 5.41) is 16.0. The Morgan fingerprint density at radius 3 is 2.52 bits per heavy atom. The van der Waals surface area contributed by atoms with Crippen LogP contribution in [0.4, 0.5) is 0 Å². The molecule has 3 aromatic rings. The Morgan fingerprint density at radius 1 is 1.20 bits per heavy atom. The van der Waals surface area contributed by atoms with Gasteiger partial charge >= 0.3 is 0 Å². The number of benzene rings is 2. The first-order valence-corrected chi connectivity index (χ1v) is 8.03. The van der Waals surface area contributed by atoms with Crippen LogP contribution in [-0.2, 0) is 6.54 Å². The average Bonchev–Trinajstić information content (AvgIpc) is 3.15. The molecular weight excluding hydrogens is 312 g/mol. The highest BCUT2D eigenvalue weighted by Crippen LogP contribution is 2.14. The van der Waals surface area contributed by atoms with E-state index in [2.05, 4.69) is 16.5 Å². The zero-order chi connectivity index (χ0) is 17.6. The molecule has 0 fully saturated rings. The fourth-order valence-corrected chi connectivity index (χ4v) is 2.55. The molecule has 1 amide bonds. The van der Waals surface area contributed by atoms with E-state index in [0.29, 0.717) is 17.7 Å². The van der Waals surface area contributed by atoms with Gasteiger partial charge in [0, 0.05) is 18.0 Å². The van der Waals surface area contributed by atoms with E-state index in [1.165, 1.54) is 0 Å². The number of nitriles is 1. The van der Waals surface area contributed by atoms with E-state index in [9.17, 15) is 4.79 Å². The van der Waals surface area contributed by atoms with Gasteiger partial charge in [0.2, 0.25) is 0 Å². The number of aromatic nitrogens is 2. The van der Waals surface area contributed by atoms with Crippen LogP contribution in [0.1, 0.15) is 40.0 Å². The van der Waals surface area contributed by atoms with Crippen LogP contribution in [0.25, 0.3) is 0 Å². The van der Waals surface area contributed by atoms with E-state index < -0.39 is 0 Å². The molecule has 1 unspecified atom stereocenters. The van der Waals surface area contributed by atoms with Crippen molar-refractivity contribution in [2.24, 2.45) is 0 Å². The van der Waals surface area contributed by atoms with Crippen LogP contribution in [0.15, 0.2) is 67.0 Å². The number of nitrogens with one attached hydrogen (secondary N) is 1. The van der Waals surface area contributed by atoms with Gasteiger partial charge < -0.3 is 5.32 Å². The number of hydrogen-bond acceptors (Lipinski definition) is 3. The molecule has 3 rings (SSSR count). The van der Waals surface area contributed by atoms with Crippen molar-refractivity contribution in [3.05, 3.63) is 89.2 Å². The van der Waals surface area contributed by atoms with Gasteiger partial charge in [-0.25, -0.2) is 0 Å². The Hall–Kier alpha value is -3.39. The first kappa shape index (κ1) is 16.5. The maximum Gasteiger partial charge on any atom is 0.251 e. The van der Waals surface area contributed by atoms with Gasteiger partial charge in [-0.05, 0) is 48.4 Å². The predicted molar refractivity (Wildman–Crippen MR) is 94.8 cm³/mol. The van der Waals surface area contributed by atoms with Gasteiger partial charge in [-0.15, -0.1) is 0 Å². The topological polar surface area (TPSA) is 70.7 Å². The molecule has 1 aromatic heterocycles. The summed E-state index contributed by atoms with van der Waals surface area (Å²) in [4.78, 5) is 12.4. The molecule has 0 saturated heterocycles. The van der Waals surface area contributed by atoms with Crippen molar-refractivity contribution in [2.75, 3.05) is 0 Å². The Bertz CT molecular complexity index is 875. The summed E-state index contributed by atoms with van der Waals surface area (Å²) >= 11 is 0. The third-order valence-electron chi connectivity index (χ3n) is 4.01. The predicted octanol–water partition coefficient (Wildman–Crippen LogP) is 3.29. The molecule has 1 atom stereocenters. The van der Waals surface area contributed by atoms with Crippen LogP contribution in [0.3, 0.4) is 0 Å². The van der Waals surface area contributed by atoms with Crippen LogP contribution in [0, 0.1) is 11.3 Å². The standard InChI is InChI=1S/C20H18N4O/c1-15(18-7-3-16(13-21)4-8-18)23-20(25)19-9-5-17(6-10-19)14-24-12-2-11-22-24/h2-12,15H,14H2,1H3,(H,23,25). The van der Waals surface area contributed by atoms with Gasteiger partial charge in [0.15, 0.2) is 0 Å². The minimum atomic E-state index is -0.135. The molecule has 0 aliphatic carbocycles. The molecule has 0 aliphatic rings. The van der Waals surface area contributed by atoms with Crippen molar-refractivity contribution in [1.29, 1.82) is 5.26 Å². The first-order chi connectivity index (χ1) is 12.2. The van der Waals surface area contributed by atoms with Crippen LogP contribution in [0.2, 0.25) is 0 Å². The first-order valence-electron chi connectivity index (χ1n) is 8.03. The van der Waals surface area contributed by atoms with E-state index in [1.807, 2.05) is 60.3 Å². The molecule has 0 spiro atoms. The van der Waals surface area contributed by atoms with Crippen molar-refractivity contribution in [3.63, 3.8) is 0 Å². The zero-order valence-electron chi connectivity index (χ0n) is 13.9. The molecule has 2 aromatic carbocycles. The summed E-state index contributed by atoms with van der Waals surface area (Å²) in [6.45, 7) is 2.60. The van der Waals surface area contributed by atoms with Crippen molar-refractivity contribution in [3.8, 4) is 6.07 Å². The van der Waals surface area contributed by atoms with E-state index in [4.69, 9.17) is 5.26 Å². The molecule has 124 valence electrons. The normalized spacial score (nSPS) is 11.5. The third-order valence-corrected chi connectivity index (χ3v) is 4.01. The highest BCUT2D eigenvalue weighted by atomic mass is 16.1. The summed E-state index contributed by atoms with van der Waals surface area (Å²) < 4.78 is 1.84. The largest absolute Gasteiger partial charge is 0.346 e. The minimum absolute atomic E-state index is 0.123. The van der Waals surface area contributed by atoms with Gasteiger partial charge in [0.25, 0.3) is 5.91 Å². The van der Waals surface area contributed by atoms with Crippen LogP contribution >= 0.6 is 0 Å². The van der Waals surface area contributed by atoms with E-state index >= 15 is 0 Å². The van der Waals surface area contributed by atoms with Crippen LogP contribution < -0.4 is 5.32 Å². The molecule has 0 bridgehead atoms. The smallest absolute Gasteiger partial charge is 0.251 e. The molecule has 25 heavy (non-hydrogen) atoms. The molecule has 5 nitrogen and oxygen atoms in total. The Balaban J connectivity index is 1.63. The monoisotopic (exact) mass is 330 g/mol. The SMILES string of the molecule is CC(NC(=O)c1ccc(Cn2cccn2)cc1)c1ccc(C#N)cc1. The number of carbonyl (C=O) groups is 1. The summed E-state index contributed by atoms with van der Waals surface area (Å²) in [5.41, 5.74) is 3.27. The number of amides is 1. The Kier molecular flexibility index (Phi) is 4.91. The summed E-state index contributed by atoms with van der Waals surface area (Å²) in [6, 6.07) is 18.6. The lowest BCUT2D eigenvalue weighted by molar-refractivity contribution is 0.0940. The molecule has 0 aliphatic heterocycles. The molecule has 5 heteroatoms. The van der Waals surface area contributed by atoms with Gasteiger partial charge in [0.1, 0.15) is 0 Å². The highest BCUT2D eigenvalue weighted by molar-refractivity contribution is 5.94. The number of carbonyl (C=O) groups excluding carboxylic acids is 1. The summed E-state index contributed by atoms with van der Waals surface area (Å²) in [5.74, 6) is -0.123.